The van der Waals surface area contributed by atoms with Gasteiger partial charge in [0.05, 0.1) is 0 Å². The van der Waals surface area contributed by atoms with Crippen LogP contribution in [0.15, 0.2) is 0 Å². The molecule has 1 nitrogen and oxygen atoms in total. The predicted molar refractivity (Wildman–Crippen MR) is 21.5 cm³/mol. The Morgan fingerprint density at radius 2 is 2.20 bits per heavy atom. The molecule has 1 unspecified atom stereocenters. The smallest absolute Gasteiger partial charge is 0.0127 e. The molecule has 0 radical (unpaired) electrons. The van der Waals surface area contributed by atoms with Crippen molar-refractivity contribution >= 4 is 5.71 Å². The second kappa shape index (κ2) is 0.588. The normalized spacial score (nSPS) is 34.6. The number of hydrogen-bond acceptors (Lipinski definition) is 1. The molecule has 1 heteroatoms. The van der Waals surface area contributed by atoms with Crippen molar-refractivity contribution in [2.45, 2.75) is 13.3 Å². The Morgan fingerprint density at radius 3 is 2.20 bits per heavy atom. The summed E-state index contributed by atoms with van der Waals surface area (Å²) in [5.41, 5.74) is 0.921. The first-order valence-corrected chi connectivity index (χ1v) is 1.88. The Kier molecular flexibility index (Phi) is 0.339. The molecule has 1 atom stereocenters. The highest BCUT2D eigenvalue weighted by Crippen LogP contribution is 2.21. The Bertz CT molecular complexity index is 66.0. The van der Waals surface area contributed by atoms with Gasteiger partial charge >= 0.3 is 0 Å². The molecular weight excluding hydrogens is 62.1 g/mol. The fraction of sp³-hybridized carbons (Fsp3) is 0.750. The first kappa shape index (κ1) is 2.88. The molecule has 5 heavy (non-hydrogen) atoms. The lowest BCUT2D eigenvalue weighted by Crippen LogP contribution is -1.58. The van der Waals surface area contributed by atoms with Gasteiger partial charge in [-0.15, -0.1) is 0 Å². The summed E-state index contributed by atoms with van der Waals surface area (Å²) in [4.78, 5) is 0. The molecule has 0 aromatic carbocycles. The zero-order valence-corrected chi connectivity index (χ0v) is 3.28. The highest BCUT2D eigenvalue weighted by Gasteiger charge is 2.23. The van der Waals surface area contributed by atoms with E-state index in [9.17, 15) is 0 Å². The molecule has 1 aliphatic carbocycles. The average molecular weight is 69.1 g/mol. The molecular formula is C4H7N. The van der Waals surface area contributed by atoms with Gasteiger partial charge in [-0.2, -0.15) is 0 Å². The maximum Gasteiger partial charge on any atom is 0.0127 e. The molecule has 1 saturated carbocycles. The van der Waals surface area contributed by atoms with Crippen LogP contribution >= 0.6 is 0 Å². The van der Waals surface area contributed by atoms with E-state index in [4.69, 9.17) is 5.41 Å². The zero-order chi connectivity index (χ0) is 3.86. The van der Waals surface area contributed by atoms with E-state index in [1.165, 1.54) is 0 Å². The third-order valence-corrected chi connectivity index (χ3v) is 0.961. The summed E-state index contributed by atoms with van der Waals surface area (Å²) in [6.45, 7) is 2.07. The summed E-state index contributed by atoms with van der Waals surface area (Å²) in [6, 6.07) is 0. The summed E-state index contributed by atoms with van der Waals surface area (Å²) in [5.74, 6) is 0.634. The van der Waals surface area contributed by atoms with Crippen LogP contribution in [0, 0.1) is 11.3 Å². The summed E-state index contributed by atoms with van der Waals surface area (Å²) in [7, 11) is 0. The molecule has 1 N–H and O–H groups in total. The molecule has 28 valence electrons. The van der Waals surface area contributed by atoms with E-state index in [0.717, 1.165) is 12.1 Å². The van der Waals surface area contributed by atoms with Crippen LogP contribution in [0.4, 0.5) is 0 Å². The summed E-state index contributed by atoms with van der Waals surface area (Å²) < 4.78 is 0. The minimum absolute atomic E-state index is 0.634. The van der Waals surface area contributed by atoms with Crippen molar-refractivity contribution in [2.75, 3.05) is 0 Å². The highest BCUT2D eigenvalue weighted by molar-refractivity contribution is 5.97. The average Bonchev–Trinajstić information content (AvgIpc) is 1.79. The van der Waals surface area contributed by atoms with Crippen molar-refractivity contribution in [3.8, 4) is 0 Å². The Labute approximate surface area is 31.5 Å². The lowest BCUT2D eigenvalue weighted by atomic mass is 10.5. The summed E-state index contributed by atoms with van der Waals surface area (Å²) >= 11 is 0. The molecule has 0 aliphatic heterocycles. The van der Waals surface area contributed by atoms with Crippen LogP contribution in [0.2, 0.25) is 0 Å². The van der Waals surface area contributed by atoms with Gasteiger partial charge in [-0.3, -0.25) is 0 Å². The van der Waals surface area contributed by atoms with Gasteiger partial charge in [-0.25, -0.2) is 0 Å². The topological polar surface area (TPSA) is 23.9 Å². The summed E-state index contributed by atoms with van der Waals surface area (Å²) in [6.07, 6.45) is 1.06. The maximum absolute atomic E-state index is 6.82. The van der Waals surface area contributed by atoms with E-state index in [1.54, 1.807) is 0 Å². The van der Waals surface area contributed by atoms with Crippen molar-refractivity contribution in [2.24, 2.45) is 5.92 Å². The van der Waals surface area contributed by atoms with Gasteiger partial charge in [0, 0.05) is 5.71 Å². The number of nitrogens with one attached hydrogen (secondary N) is 1. The van der Waals surface area contributed by atoms with Gasteiger partial charge < -0.3 is 5.41 Å². The van der Waals surface area contributed by atoms with Gasteiger partial charge in [0.15, 0.2) is 0 Å². The van der Waals surface area contributed by atoms with Gasteiger partial charge in [-0.1, -0.05) is 6.92 Å². The molecule has 1 rings (SSSR count). The minimum Gasteiger partial charge on any atom is -0.309 e. The van der Waals surface area contributed by atoms with Crippen molar-refractivity contribution in [1.82, 2.24) is 0 Å². The van der Waals surface area contributed by atoms with Crippen LogP contribution in [0.25, 0.3) is 0 Å². The van der Waals surface area contributed by atoms with E-state index in [-0.39, 0.29) is 0 Å². The fourth-order valence-corrected chi connectivity index (χ4v) is 0.271. The molecule has 0 bridgehead atoms. The van der Waals surface area contributed by atoms with Crippen molar-refractivity contribution < 1.29 is 0 Å². The third-order valence-electron chi connectivity index (χ3n) is 0.961. The lowest BCUT2D eigenvalue weighted by Gasteiger charge is -1.55. The lowest BCUT2D eigenvalue weighted by molar-refractivity contribution is 1.03. The Hall–Kier alpha value is -0.330. The highest BCUT2D eigenvalue weighted by atomic mass is 14.5. The van der Waals surface area contributed by atoms with Crippen LogP contribution in [-0.4, -0.2) is 5.71 Å². The molecule has 0 amide bonds. The monoisotopic (exact) mass is 69.1 g/mol. The maximum atomic E-state index is 6.82. The van der Waals surface area contributed by atoms with Crippen molar-refractivity contribution in [1.29, 1.82) is 5.41 Å². The van der Waals surface area contributed by atoms with Crippen molar-refractivity contribution in [3.63, 3.8) is 0 Å². The second-order valence-electron chi connectivity index (χ2n) is 1.63. The molecule has 0 heterocycles. The molecule has 0 aromatic rings. The van der Waals surface area contributed by atoms with E-state index in [2.05, 4.69) is 6.92 Å². The second-order valence-corrected chi connectivity index (χ2v) is 1.63. The summed E-state index contributed by atoms with van der Waals surface area (Å²) in [5, 5.41) is 6.82. The quantitative estimate of drug-likeness (QED) is 0.439. The Balaban J connectivity index is 2.47. The first-order chi connectivity index (χ1) is 2.30. The van der Waals surface area contributed by atoms with Crippen LogP contribution in [0.5, 0.6) is 0 Å². The largest absolute Gasteiger partial charge is 0.309 e. The van der Waals surface area contributed by atoms with E-state index < -0.39 is 0 Å². The van der Waals surface area contributed by atoms with Crippen molar-refractivity contribution in [3.05, 3.63) is 0 Å². The van der Waals surface area contributed by atoms with E-state index in [1.807, 2.05) is 0 Å². The van der Waals surface area contributed by atoms with E-state index in [0.29, 0.717) is 5.92 Å². The molecule has 1 fully saturated rings. The minimum atomic E-state index is 0.634. The molecule has 1 aliphatic rings. The number of rotatable bonds is 0. The third kappa shape index (κ3) is 0.318. The van der Waals surface area contributed by atoms with Crippen LogP contribution in [0.3, 0.4) is 0 Å². The first-order valence-electron chi connectivity index (χ1n) is 1.88. The molecule has 0 spiro atoms. The molecule has 0 saturated heterocycles. The van der Waals surface area contributed by atoms with Crippen LogP contribution in [-0.2, 0) is 0 Å². The van der Waals surface area contributed by atoms with Gasteiger partial charge in [0.25, 0.3) is 0 Å². The van der Waals surface area contributed by atoms with Gasteiger partial charge in [0.1, 0.15) is 0 Å². The number of hydrogen-bond donors (Lipinski definition) is 1. The fourth-order valence-electron chi connectivity index (χ4n) is 0.271. The SMILES string of the molecule is CC1CC1=N. The van der Waals surface area contributed by atoms with Gasteiger partial charge in [-0.05, 0) is 12.3 Å². The predicted octanol–water partition coefficient (Wildman–Crippen LogP) is 1.05. The van der Waals surface area contributed by atoms with Crippen LogP contribution in [0.1, 0.15) is 13.3 Å². The standard InChI is InChI=1S/C4H7N/c1-3-2-4(3)5/h3,5H,2H2,1H3. The Morgan fingerprint density at radius 1 is 2.00 bits per heavy atom. The van der Waals surface area contributed by atoms with Crippen LogP contribution < -0.4 is 0 Å². The van der Waals surface area contributed by atoms with E-state index >= 15 is 0 Å². The molecule has 0 aromatic heterocycles. The zero-order valence-electron chi connectivity index (χ0n) is 3.28. The van der Waals surface area contributed by atoms with Gasteiger partial charge in [0.2, 0.25) is 0 Å².